The zero-order valence-corrected chi connectivity index (χ0v) is 19.5. The van der Waals surface area contributed by atoms with Gasteiger partial charge in [0, 0.05) is 63.8 Å². The number of ether oxygens (including phenoxy) is 1. The van der Waals surface area contributed by atoms with Gasteiger partial charge in [-0.15, -0.1) is 0 Å². The van der Waals surface area contributed by atoms with Crippen molar-refractivity contribution in [2.45, 2.75) is 12.5 Å². The van der Waals surface area contributed by atoms with Crippen LogP contribution in [0.1, 0.15) is 0 Å². The van der Waals surface area contributed by atoms with Crippen LogP contribution < -0.4 is 15.5 Å². The summed E-state index contributed by atoms with van der Waals surface area (Å²) in [6, 6.07) is 6.56. The van der Waals surface area contributed by atoms with E-state index in [0.29, 0.717) is 46.9 Å². The van der Waals surface area contributed by atoms with Crippen LogP contribution in [0, 0.1) is 5.82 Å². The van der Waals surface area contributed by atoms with Gasteiger partial charge < -0.3 is 25.2 Å². The SMILES string of the molecule is O=C(C(F)F)N1CCN(c2ccc(-c3cc4nccnc4c(NC[C@@H]4CNCCO4)n3)cc2F)CC1. The maximum Gasteiger partial charge on any atom is 0.315 e. The van der Waals surface area contributed by atoms with Gasteiger partial charge in [-0.1, -0.05) is 6.07 Å². The molecule has 2 aliphatic heterocycles. The smallest absolute Gasteiger partial charge is 0.315 e. The number of carbonyl (C=O) groups is 1. The lowest BCUT2D eigenvalue weighted by atomic mass is 10.1. The number of fused-ring (bicyclic) bond motifs is 1. The Morgan fingerprint density at radius 1 is 1.17 bits per heavy atom. The van der Waals surface area contributed by atoms with Gasteiger partial charge in [-0.25, -0.2) is 14.4 Å². The number of nitrogens with one attached hydrogen (secondary N) is 2. The molecule has 9 nitrogen and oxygen atoms in total. The summed E-state index contributed by atoms with van der Waals surface area (Å²) in [6.45, 7) is 3.49. The van der Waals surface area contributed by atoms with Crippen LogP contribution >= 0.6 is 0 Å². The molecular weight excluding hydrogens is 475 g/mol. The fourth-order valence-electron chi connectivity index (χ4n) is 4.43. The van der Waals surface area contributed by atoms with E-state index in [1.807, 2.05) is 0 Å². The van der Waals surface area contributed by atoms with E-state index in [1.54, 1.807) is 35.5 Å². The first-order valence-corrected chi connectivity index (χ1v) is 11.8. The molecule has 2 aliphatic rings. The molecule has 0 unspecified atom stereocenters. The molecule has 36 heavy (non-hydrogen) atoms. The highest BCUT2D eigenvalue weighted by molar-refractivity contribution is 5.88. The predicted octanol–water partition coefficient (Wildman–Crippen LogP) is 2.14. The number of benzene rings is 1. The van der Waals surface area contributed by atoms with E-state index in [2.05, 4.69) is 20.6 Å². The largest absolute Gasteiger partial charge is 0.374 e. The second kappa shape index (κ2) is 10.6. The van der Waals surface area contributed by atoms with Gasteiger partial charge in [0.2, 0.25) is 0 Å². The molecule has 1 atom stereocenters. The second-order valence-electron chi connectivity index (χ2n) is 8.64. The Labute approximate surface area is 205 Å². The summed E-state index contributed by atoms with van der Waals surface area (Å²) in [4.78, 5) is 27.9. The number of piperazine rings is 1. The molecule has 3 aromatic rings. The fraction of sp³-hybridized carbons (Fsp3) is 0.417. The van der Waals surface area contributed by atoms with Crippen molar-refractivity contribution < 1.29 is 22.7 Å². The fourth-order valence-corrected chi connectivity index (χ4v) is 4.43. The number of rotatable bonds is 6. The summed E-state index contributed by atoms with van der Waals surface area (Å²) in [6.07, 6.45) is 0.144. The van der Waals surface area contributed by atoms with Gasteiger partial charge in [-0.05, 0) is 18.2 Å². The number of nitrogens with zero attached hydrogens (tertiary/aromatic N) is 5. The lowest BCUT2D eigenvalue weighted by molar-refractivity contribution is -0.143. The minimum atomic E-state index is -3.03. The Morgan fingerprint density at radius 2 is 1.97 bits per heavy atom. The van der Waals surface area contributed by atoms with Crippen molar-refractivity contribution in [1.29, 1.82) is 0 Å². The van der Waals surface area contributed by atoms with E-state index in [1.165, 1.54) is 6.07 Å². The lowest BCUT2D eigenvalue weighted by Crippen LogP contribution is -2.50. The van der Waals surface area contributed by atoms with E-state index in [9.17, 15) is 13.6 Å². The first-order chi connectivity index (χ1) is 17.5. The van der Waals surface area contributed by atoms with Crippen LogP contribution in [-0.2, 0) is 9.53 Å². The zero-order chi connectivity index (χ0) is 25.1. The first kappa shape index (κ1) is 24.2. The normalized spacial score (nSPS) is 18.6. The van der Waals surface area contributed by atoms with Crippen LogP contribution in [0.15, 0.2) is 36.7 Å². The molecule has 2 fully saturated rings. The van der Waals surface area contributed by atoms with Crippen LogP contribution in [0.4, 0.5) is 24.7 Å². The number of carbonyl (C=O) groups excluding carboxylic acids is 1. The minimum absolute atomic E-state index is 0.0101. The molecule has 4 heterocycles. The van der Waals surface area contributed by atoms with Crippen molar-refractivity contribution in [2.75, 3.05) is 62.6 Å². The van der Waals surface area contributed by atoms with Gasteiger partial charge in [-0.2, -0.15) is 8.78 Å². The number of hydrogen-bond donors (Lipinski definition) is 2. The van der Waals surface area contributed by atoms with Crippen molar-refractivity contribution in [1.82, 2.24) is 25.2 Å². The van der Waals surface area contributed by atoms with Gasteiger partial charge in [-0.3, -0.25) is 9.78 Å². The highest BCUT2D eigenvalue weighted by Crippen LogP contribution is 2.30. The van der Waals surface area contributed by atoms with E-state index in [0.717, 1.165) is 18.0 Å². The number of morpholine rings is 1. The predicted molar refractivity (Wildman–Crippen MR) is 129 cm³/mol. The maximum absolute atomic E-state index is 15.2. The first-order valence-electron chi connectivity index (χ1n) is 11.8. The number of halogens is 3. The third kappa shape index (κ3) is 5.19. The lowest BCUT2D eigenvalue weighted by Gasteiger charge is -2.36. The topological polar surface area (TPSA) is 95.5 Å². The Hall–Kier alpha value is -3.51. The molecule has 2 aromatic heterocycles. The molecule has 2 N–H and O–H groups in total. The van der Waals surface area contributed by atoms with Crippen LogP contribution in [0.25, 0.3) is 22.3 Å². The number of amides is 1. The van der Waals surface area contributed by atoms with Crippen LogP contribution in [0.2, 0.25) is 0 Å². The maximum atomic E-state index is 15.2. The Balaban J connectivity index is 1.35. The molecule has 12 heteroatoms. The summed E-state index contributed by atoms with van der Waals surface area (Å²) >= 11 is 0. The molecule has 2 saturated heterocycles. The summed E-state index contributed by atoms with van der Waals surface area (Å²) in [5, 5.41) is 6.59. The van der Waals surface area contributed by atoms with Crippen molar-refractivity contribution in [3.63, 3.8) is 0 Å². The van der Waals surface area contributed by atoms with Gasteiger partial charge in [0.05, 0.1) is 29.6 Å². The number of pyridine rings is 1. The average Bonchev–Trinajstić information content (AvgIpc) is 2.91. The quantitative estimate of drug-likeness (QED) is 0.531. The molecule has 0 aliphatic carbocycles. The van der Waals surface area contributed by atoms with Crippen LogP contribution in [0.5, 0.6) is 0 Å². The van der Waals surface area contributed by atoms with E-state index in [-0.39, 0.29) is 32.3 Å². The van der Waals surface area contributed by atoms with Gasteiger partial charge in [0.15, 0.2) is 5.82 Å². The number of aromatic nitrogens is 3. The Morgan fingerprint density at radius 3 is 2.69 bits per heavy atom. The van der Waals surface area contributed by atoms with Crippen LogP contribution in [-0.4, -0.2) is 90.7 Å². The molecule has 5 rings (SSSR count). The Kier molecular flexibility index (Phi) is 7.14. The van der Waals surface area contributed by atoms with Crippen LogP contribution in [0.3, 0.4) is 0 Å². The Bertz CT molecular complexity index is 1230. The highest BCUT2D eigenvalue weighted by atomic mass is 19.3. The highest BCUT2D eigenvalue weighted by Gasteiger charge is 2.28. The van der Waals surface area contributed by atoms with Crippen molar-refractivity contribution in [3.05, 3.63) is 42.5 Å². The van der Waals surface area contributed by atoms with Gasteiger partial charge >= 0.3 is 6.43 Å². The molecule has 0 saturated carbocycles. The molecule has 0 bridgehead atoms. The molecule has 1 amide bonds. The minimum Gasteiger partial charge on any atom is -0.374 e. The van der Waals surface area contributed by atoms with E-state index in [4.69, 9.17) is 9.72 Å². The zero-order valence-electron chi connectivity index (χ0n) is 19.5. The van der Waals surface area contributed by atoms with Crippen molar-refractivity contribution >= 4 is 28.4 Å². The third-order valence-corrected chi connectivity index (χ3v) is 6.32. The molecular formula is C24H26F3N7O2. The third-order valence-electron chi connectivity index (χ3n) is 6.32. The summed E-state index contributed by atoms with van der Waals surface area (Å²) in [5.41, 5.74) is 2.68. The number of anilines is 2. The molecule has 190 valence electrons. The summed E-state index contributed by atoms with van der Waals surface area (Å²) in [5.74, 6) is -1.11. The monoisotopic (exact) mass is 501 g/mol. The molecule has 0 spiro atoms. The second-order valence-corrected chi connectivity index (χ2v) is 8.64. The van der Waals surface area contributed by atoms with E-state index < -0.39 is 18.1 Å². The van der Waals surface area contributed by atoms with Crippen molar-refractivity contribution in [2.24, 2.45) is 0 Å². The van der Waals surface area contributed by atoms with E-state index >= 15 is 4.39 Å². The summed E-state index contributed by atoms with van der Waals surface area (Å²) in [7, 11) is 0. The summed E-state index contributed by atoms with van der Waals surface area (Å²) < 4.78 is 46.3. The van der Waals surface area contributed by atoms with Gasteiger partial charge in [0.1, 0.15) is 11.3 Å². The van der Waals surface area contributed by atoms with Crippen molar-refractivity contribution in [3.8, 4) is 11.3 Å². The number of alkyl halides is 2. The number of hydrogen-bond acceptors (Lipinski definition) is 8. The molecule has 0 radical (unpaired) electrons. The standard InChI is InChI=1S/C24H26F3N7O2/c25-17-11-15(1-2-20(17)33-6-8-34(9-7-33)24(35)22(26)27)18-12-19-21(30-4-3-29-19)23(32-18)31-14-16-13-28-5-10-36-16/h1-4,11-12,16,22,28H,5-10,13-14H2,(H,31,32)/t16-/m0/s1. The van der Waals surface area contributed by atoms with Gasteiger partial charge in [0.25, 0.3) is 5.91 Å². The average molecular weight is 502 g/mol. The molecule has 1 aromatic carbocycles.